The third-order valence-electron chi connectivity index (χ3n) is 3.36. The number of carboxylic acid groups (broad SMARTS) is 1. The van der Waals surface area contributed by atoms with Crippen molar-refractivity contribution >= 4 is 29.6 Å². The van der Waals surface area contributed by atoms with Gasteiger partial charge in [-0.15, -0.1) is 0 Å². The Bertz CT molecular complexity index is 582. The topological polar surface area (TPSA) is 133 Å². The summed E-state index contributed by atoms with van der Waals surface area (Å²) in [6.45, 7) is 0.223. The molecular weight excluding hydrogens is 294 g/mol. The fraction of sp³-hybridized carbons (Fsp3) is 0.462. The second-order valence-corrected chi connectivity index (χ2v) is 4.96. The molecule has 4 amide bonds. The van der Waals surface area contributed by atoms with Gasteiger partial charge in [-0.2, -0.15) is 0 Å². The molecule has 2 aliphatic rings. The third-order valence-corrected chi connectivity index (χ3v) is 3.36. The number of nitrogens with zero attached hydrogens (tertiary/aromatic N) is 1. The first-order valence-corrected chi connectivity index (χ1v) is 6.78. The van der Waals surface area contributed by atoms with Crippen LogP contribution in [0.5, 0.6) is 0 Å². The minimum Gasteiger partial charge on any atom is -0.481 e. The number of carboxylic acids is 1. The maximum absolute atomic E-state index is 12.2. The summed E-state index contributed by atoms with van der Waals surface area (Å²) in [5.41, 5.74) is 0.0279. The highest BCUT2D eigenvalue weighted by Crippen LogP contribution is 2.19. The molecule has 0 radical (unpaired) electrons. The van der Waals surface area contributed by atoms with Crippen LogP contribution in [-0.4, -0.2) is 52.2 Å². The lowest BCUT2D eigenvalue weighted by molar-refractivity contribution is -0.149. The molecule has 2 aliphatic heterocycles. The van der Waals surface area contributed by atoms with E-state index >= 15 is 0 Å². The molecule has 9 nitrogen and oxygen atoms in total. The molecule has 1 unspecified atom stereocenters. The Hall–Kier alpha value is -2.71. The van der Waals surface area contributed by atoms with Crippen molar-refractivity contribution in [3.05, 3.63) is 11.8 Å². The zero-order valence-corrected chi connectivity index (χ0v) is 11.6. The van der Waals surface area contributed by atoms with Crippen LogP contribution in [0.1, 0.15) is 25.7 Å². The normalized spacial score (nSPS) is 21.7. The van der Waals surface area contributed by atoms with Crippen LogP contribution in [0.2, 0.25) is 0 Å². The maximum atomic E-state index is 12.2. The van der Waals surface area contributed by atoms with Crippen LogP contribution in [0.3, 0.4) is 0 Å². The summed E-state index contributed by atoms with van der Waals surface area (Å²) in [4.78, 5) is 58.1. The highest BCUT2D eigenvalue weighted by atomic mass is 16.4. The quantitative estimate of drug-likeness (QED) is 0.401. The molecule has 118 valence electrons. The SMILES string of the molecule is O=C(O)CCCNC1=CC(=O)N(C2CCC(=O)NC2=O)C1=O. The number of hydrogen-bond acceptors (Lipinski definition) is 6. The number of imide groups is 2. The van der Waals surface area contributed by atoms with Crippen molar-refractivity contribution < 1.29 is 29.1 Å². The van der Waals surface area contributed by atoms with Crippen molar-refractivity contribution in [2.45, 2.75) is 31.7 Å². The first kappa shape index (κ1) is 15.7. The number of carbonyl (C=O) groups is 5. The molecule has 0 aromatic rings. The van der Waals surface area contributed by atoms with Gasteiger partial charge in [0.05, 0.1) is 0 Å². The van der Waals surface area contributed by atoms with Crippen LogP contribution in [0.25, 0.3) is 0 Å². The lowest BCUT2D eigenvalue weighted by atomic mass is 10.0. The van der Waals surface area contributed by atoms with E-state index in [2.05, 4.69) is 10.6 Å². The molecule has 0 spiro atoms. The lowest BCUT2D eigenvalue weighted by Gasteiger charge is -2.28. The first-order chi connectivity index (χ1) is 10.4. The van der Waals surface area contributed by atoms with E-state index in [4.69, 9.17) is 5.11 Å². The van der Waals surface area contributed by atoms with Gasteiger partial charge in [0.25, 0.3) is 11.8 Å². The maximum Gasteiger partial charge on any atom is 0.303 e. The molecule has 0 aromatic heterocycles. The van der Waals surface area contributed by atoms with Gasteiger partial charge in [0, 0.05) is 25.5 Å². The van der Waals surface area contributed by atoms with Gasteiger partial charge in [-0.25, -0.2) is 0 Å². The first-order valence-electron chi connectivity index (χ1n) is 6.78. The van der Waals surface area contributed by atoms with E-state index in [0.29, 0.717) is 6.42 Å². The van der Waals surface area contributed by atoms with E-state index in [-0.39, 0.29) is 31.5 Å². The average Bonchev–Trinajstić information content (AvgIpc) is 2.70. The number of carbonyl (C=O) groups excluding carboxylic acids is 4. The molecule has 3 N–H and O–H groups in total. The highest BCUT2D eigenvalue weighted by Gasteiger charge is 2.42. The summed E-state index contributed by atoms with van der Waals surface area (Å²) in [7, 11) is 0. The van der Waals surface area contributed by atoms with Crippen LogP contribution >= 0.6 is 0 Å². The van der Waals surface area contributed by atoms with Crippen molar-refractivity contribution in [3.8, 4) is 0 Å². The van der Waals surface area contributed by atoms with Crippen LogP contribution in [0.4, 0.5) is 0 Å². The summed E-state index contributed by atoms with van der Waals surface area (Å²) in [5.74, 6) is -3.32. The molecule has 0 aliphatic carbocycles. The van der Waals surface area contributed by atoms with E-state index in [1.54, 1.807) is 0 Å². The zero-order valence-electron chi connectivity index (χ0n) is 11.6. The molecule has 0 aromatic carbocycles. The van der Waals surface area contributed by atoms with E-state index < -0.39 is 35.6 Å². The zero-order chi connectivity index (χ0) is 16.3. The molecule has 9 heteroatoms. The number of aliphatic carboxylic acids is 1. The molecule has 0 bridgehead atoms. The second kappa shape index (κ2) is 6.37. The van der Waals surface area contributed by atoms with Crippen molar-refractivity contribution in [1.29, 1.82) is 0 Å². The minimum absolute atomic E-state index is 0.0279. The smallest absolute Gasteiger partial charge is 0.303 e. The number of nitrogens with one attached hydrogen (secondary N) is 2. The Morgan fingerprint density at radius 3 is 2.73 bits per heavy atom. The van der Waals surface area contributed by atoms with Gasteiger partial charge in [-0.3, -0.25) is 34.2 Å². The average molecular weight is 309 g/mol. The highest BCUT2D eigenvalue weighted by molar-refractivity contribution is 6.18. The Labute approximate surface area is 125 Å². The van der Waals surface area contributed by atoms with Gasteiger partial charge in [-0.1, -0.05) is 0 Å². The summed E-state index contributed by atoms with van der Waals surface area (Å²) in [5, 5.41) is 13.3. The van der Waals surface area contributed by atoms with Crippen LogP contribution in [-0.2, 0) is 24.0 Å². The van der Waals surface area contributed by atoms with Crippen molar-refractivity contribution in [2.24, 2.45) is 0 Å². The van der Waals surface area contributed by atoms with Gasteiger partial charge in [-0.05, 0) is 12.8 Å². The molecule has 22 heavy (non-hydrogen) atoms. The van der Waals surface area contributed by atoms with E-state index in [9.17, 15) is 24.0 Å². The predicted octanol–water partition coefficient (Wildman–Crippen LogP) is -1.50. The Morgan fingerprint density at radius 1 is 1.36 bits per heavy atom. The largest absolute Gasteiger partial charge is 0.481 e. The monoisotopic (exact) mass is 309 g/mol. The molecular formula is C13H15N3O6. The fourth-order valence-electron chi connectivity index (χ4n) is 2.30. The lowest BCUT2D eigenvalue weighted by Crippen LogP contribution is -2.54. The molecule has 1 fully saturated rings. The van der Waals surface area contributed by atoms with E-state index in [0.717, 1.165) is 11.0 Å². The summed E-state index contributed by atoms with van der Waals surface area (Å²) < 4.78 is 0. The number of amides is 4. The Kier molecular flexibility index (Phi) is 4.54. The summed E-state index contributed by atoms with van der Waals surface area (Å²) in [6.07, 6.45) is 1.48. The summed E-state index contributed by atoms with van der Waals surface area (Å²) in [6, 6.07) is -0.993. The number of hydrogen-bond donors (Lipinski definition) is 3. The van der Waals surface area contributed by atoms with Gasteiger partial charge in [0.2, 0.25) is 11.8 Å². The van der Waals surface area contributed by atoms with E-state index in [1.165, 1.54) is 0 Å². The Balaban J connectivity index is 1.95. The van der Waals surface area contributed by atoms with Crippen molar-refractivity contribution in [3.63, 3.8) is 0 Å². The van der Waals surface area contributed by atoms with Gasteiger partial charge < -0.3 is 10.4 Å². The number of piperidine rings is 1. The molecule has 0 saturated carbocycles. The summed E-state index contributed by atoms with van der Waals surface area (Å²) >= 11 is 0. The Morgan fingerprint density at radius 2 is 2.09 bits per heavy atom. The number of rotatable bonds is 6. The molecule has 2 rings (SSSR count). The van der Waals surface area contributed by atoms with Crippen LogP contribution < -0.4 is 10.6 Å². The molecule has 1 saturated heterocycles. The standard InChI is InChI=1S/C13H15N3O6/c17-9-4-3-8(12(21)15-9)16-10(18)6-7(13(16)22)14-5-1-2-11(19)20/h6,8,14H,1-5H2,(H,19,20)(H,15,17,21). The molecule has 2 heterocycles. The third kappa shape index (κ3) is 3.30. The second-order valence-electron chi connectivity index (χ2n) is 4.96. The van der Waals surface area contributed by atoms with Crippen molar-refractivity contribution in [1.82, 2.24) is 15.5 Å². The molecule has 1 atom stereocenters. The van der Waals surface area contributed by atoms with Crippen molar-refractivity contribution in [2.75, 3.05) is 6.54 Å². The van der Waals surface area contributed by atoms with Crippen LogP contribution in [0.15, 0.2) is 11.8 Å². The van der Waals surface area contributed by atoms with E-state index in [1.807, 2.05) is 0 Å². The van der Waals surface area contributed by atoms with Gasteiger partial charge in [0.15, 0.2) is 0 Å². The van der Waals surface area contributed by atoms with Gasteiger partial charge in [0.1, 0.15) is 11.7 Å². The van der Waals surface area contributed by atoms with Crippen LogP contribution in [0, 0.1) is 0 Å². The minimum atomic E-state index is -0.993. The van der Waals surface area contributed by atoms with Gasteiger partial charge >= 0.3 is 5.97 Å². The predicted molar refractivity (Wildman–Crippen MR) is 71.0 cm³/mol. The fourth-order valence-corrected chi connectivity index (χ4v) is 2.30.